The van der Waals surface area contributed by atoms with Crippen LogP contribution in [0.15, 0.2) is 29.2 Å². The fraction of sp³-hybridized carbons (Fsp3) is 0.300. The summed E-state index contributed by atoms with van der Waals surface area (Å²) in [7, 11) is 0. The Balaban J connectivity index is 2.28. The van der Waals surface area contributed by atoms with Gasteiger partial charge in [0.25, 0.3) is 0 Å². The van der Waals surface area contributed by atoms with Crippen molar-refractivity contribution in [3.63, 3.8) is 0 Å². The van der Waals surface area contributed by atoms with E-state index < -0.39 is 0 Å². The standard InChI is InChI=1S/C10H11NOS/c12-7-8-5-6-13-10-4-2-1-3-9(10)11-8/h1-4,7-8,11H,5-6H2. The summed E-state index contributed by atoms with van der Waals surface area (Å²) in [6.07, 6.45) is 1.89. The lowest BCUT2D eigenvalue weighted by atomic mass is 10.2. The van der Waals surface area contributed by atoms with Crippen molar-refractivity contribution in [3.05, 3.63) is 24.3 Å². The molecule has 0 radical (unpaired) electrons. The zero-order valence-electron chi connectivity index (χ0n) is 7.19. The molecule has 0 fully saturated rings. The van der Waals surface area contributed by atoms with E-state index in [0.717, 1.165) is 24.1 Å². The van der Waals surface area contributed by atoms with E-state index in [2.05, 4.69) is 11.4 Å². The molecular formula is C10H11NOS. The minimum Gasteiger partial charge on any atom is -0.375 e. The molecule has 1 aromatic rings. The molecule has 0 saturated carbocycles. The summed E-state index contributed by atoms with van der Waals surface area (Å²) in [5.74, 6) is 1.01. The lowest BCUT2D eigenvalue weighted by molar-refractivity contribution is -0.108. The molecule has 1 unspecified atom stereocenters. The van der Waals surface area contributed by atoms with E-state index in [4.69, 9.17) is 0 Å². The van der Waals surface area contributed by atoms with Crippen LogP contribution in [-0.2, 0) is 4.79 Å². The first kappa shape index (κ1) is 8.63. The molecule has 0 bridgehead atoms. The number of aldehydes is 1. The Bertz CT molecular complexity index is 314. The number of carbonyl (C=O) groups excluding carboxylic acids is 1. The molecule has 3 heteroatoms. The number of thioether (sulfide) groups is 1. The molecule has 1 aliphatic rings. The summed E-state index contributed by atoms with van der Waals surface area (Å²) in [6.45, 7) is 0. The Morgan fingerprint density at radius 3 is 3.15 bits per heavy atom. The second-order valence-corrected chi connectivity index (χ2v) is 4.16. The highest BCUT2D eigenvalue weighted by molar-refractivity contribution is 7.99. The first-order chi connectivity index (χ1) is 6.40. The number of carbonyl (C=O) groups is 1. The molecule has 1 aromatic carbocycles. The van der Waals surface area contributed by atoms with E-state index in [1.807, 2.05) is 30.0 Å². The predicted octanol–water partition coefficient (Wildman–Crippen LogP) is 2.16. The van der Waals surface area contributed by atoms with Crippen LogP contribution in [0.4, 0.5) is 5.69 Å². The van der Waals surface area contributed by atoms with Crippen LogP contribution < -0.4 is 5.32 Å². The monoisotopic (exact) mass is 193 g/mol. The maximum atomic E-state index is 10.7. The highest BCUT2D eigenvalue weighted by atomic mass is 32.2. The molecule has 13 heavy (non-hydrogen) atoms. The summed E-state index contributed by atoms with van der Waals surface area (Å²) < 4.78 is 0. The minimum atomic E-state index is -0.0175. The quantitative estimate of drug-likeness (QED) is 0.693. The molecule has 0 aromatic heterocycles. The topological polar surface area (TPSA) is 29.1 Å². The van der Waals surface area contributed by atoms with Gasteiger partial charge in [-0.3, -0.25) is 0 Å². The maximum Gasteiger partial charge on any atom is 0.142 e. The van der Waals surface area contributed by atoms with E-state index >= 15 is 0 Å². The number of fused-ring (bicyclic) bond motifs is 1. The second kappa shape index (κ2) is 3.83. The van der Waals surface area contributed by atoms with Crippen molar-refractivity contribution in [3.8, 4) is 0 Å². The van der Waals surface area contributed by atoms with E-state index in [1.165, 1.54) is 4.90 Å². The average molecular weight is 193 g/mol. The van der Waals surface area contributed by atoms with Crippen LogP contribution >= 0.6 is 11.8 Å². The first-order valence-corrected chi connectivity index (χ1v) is 5.32. The largest absolute Gasteiger partial charge is 0.375 e. The van der Waals surface area contributed by atoms with Gasteiger partial charge in [0.05, 0.1) is 6.04 Å². The van der Waals surface area contributed by atoms with Crippen LogP contribution in [0.5, 0.6) is 0 Å². The maximum absolute atomic E-state index is 10.7. The summed E-state index contributed by atoms with van der Waals surface area (Å²) in [6, 6.07) is 8.09. The normalized spacial score (nSPS) is 21.1. The van der Waals surface area contributed by atoms with Crippen molar-refractivity contribution < 1.29 is 4.79 Å². The average Bonchev–Trinajstić information content (AvgIpc) is 2.38. The fourth-order valence-corrected chi connectivity index (χ4v) is 2.43. The van der Waals surface area contributed by atoms with E-state index in [9.17, 15) is 4.79 Å². The summed E-state index contributed by atoms with van der Waals surface area (Å²) in [4.78, 5) is 11.9. The van der Waals surface area contributed by atoms with Crippen molar-refractivity contribution in [2.45, 2.75) is 17.4 Å². The van der Waals surface area contributed by atoms with Crippen molar-refractivity contribution in [2.75, 3.05) is 11.1 Å². The molecule has 2 nitrogen and oxygen atoms in total. The van der Waals surface area contributed by atoms with Gasteiger partial charge in [-0.2, -0.15) is 0 Å². The van der Waals surface area contributed by atoms with Gasteiger partial charge in [0, 0.05) is 16.3 Å². The van der Waals surface area contributed by atoms with Crippen LogP contribution in [-0.4, -0.2) is 18.1 Å². The third-order valence-electron chi connectivity index (χ3n) is 2.08. The predicted molar refractivity (Wildman–Crippen MR) is 55.3 cm³/mol. The van der Waals surface area contributed by atoms with Gasteiger partial charge in [-0.1, -0.05) is 12.1 Å². The second-order valence-electron chi connectivity index (χ2n) is 3.02. The minimum absolute atomic E-state index is 0.0175. The van der Waals surface area contributed by atoms with Crippen LogP contribution in [0.1, 0.15) is 6.42 Å². The number of benzene rings is 1. The summed E-state index contributed by atoms with van der Waals surface area (Å²) >= 11 is 1.81. The Kier molecular flexibility index (Phi) is 2.54. The van der Waals surface area contributed by atoms with Gasteiger partial charge in [-0.05, 0) is 18.6 Å². The molecule has 68 valence electrons. The Morgan fingerprint density at radius 1 is 1.46 bits per heavy atom. The molecule has 1 N–H and O–H groups in total. The van der Waals surface area contributed by atoms with Crippen molar-refractivity contribution in [2.24, 2.45) is 0 Å². The number of para-hydroxylation sites is 1. The van der Waals surface area contributed by atoms with Gasteiger partial charge in [0.15, 0.2) is 0 Å². The lowest BCUT2D eigenvalue weighted by Crippen LogP contribution is -2.20. The smallest absolute Gasteiger partial charge is 0.142 e. The molecule has 0 amide bonds. The summed E-state index contributed by atoms with van der Waals surface area (Å²) in [5.41, 5.74) is 1.09. The number of hydrogen-bond donors (Lipinski definition) is 1. The Morgan fingerprint density at radius 2 is 2.31 bits per heavy atom. The molecule has 1 aliphatic heterocycles. The van der Waals surface area contributed by atoms with Gasteiger partial charge in [0.1, 0.15) is 6.29 Å². The van der Waals surface area contributed by atoms with Gasteiger partial charge in [0.2, 0.25) is 0 Å². The Hall–Kier alpha value is -0.960. The van der Waals surface area contributed by atoms with E-state index in [0.29, 0.717) is 0 Å². The molecule has 0 saturated heterocycles. The fourth-order valence-electron chi connectivity index (χ4n) is 1.38. The first-order valence-electron chi connectivity index (χ1n) is 4.34. The van der Waals surface area contributed by atoms with Crippen LogP contribution in [0, 0.1) is 0 Å². The zero-order valence-corrected chi connectivity index (χ0v) is 8.01. The van der Waals surface area contributed by atoms with Crippen molar-refractivity contribution >= 4 is 23.7 Å². The van der Waals surface area contributed by atoms with Crippen LogP contribution in [0.2, 0.25) is 0 Å². The van der Waals surface area contributed by atoms with Crippen LogP contribution in [0.25, 0.3) is 0 Å². The third kappa shape index (κ3) is 1.86. The van der Waals surface area contributed by atoms with Crippen LogP contribution in [0.3, 0.4) is 0 Å². The van der Waals surface area contributed by atoms with E-state index in [1.54, 1.807) is 0 Å². The highest BCUT2D eigenvalue weighted by Crippen LogP contribution is 2.31. The Labute approximate surface area is 81.7 Å². The number of hydrogen-bond acceptors (Lipinski definition) is 3. The van der Waals surface area contributed by atoms with Gasteiger partial charge in [-0.25, -0.2) is 0 Å². The molecule has 1 atom stereocenters. The zero-order chi connectivity index (χ0) is 9.10. The molecule has 0 spiro atoms. The number of anilines is 1. The third-order valence-corrected chi connectivity index (χ3v) is 3.19. The van der Waals surface area contributed by atoms with Crippen molar-refractivity contribution in [1.82, 2.24) is 0 Å². The molecular weight excluding hydrogens is 182 g/mol. The van der Waals surface area contributed by atoms with Crippen molar-refractivity contribution in [1.29, 1.82) is 0 Å². The van der Waals surface area contributed by atoms with Gasteiger partial charge >= 0.3 is 0 Å². The van der Waals surface area contributed by atoms with Gasteiger partial charge < -0.3 is 10.1 Å². The highest BCUT2D eigenvalue weighted by Gasteiger charge is 2.13. The number of rotatable bonds is 1. The number of nitrogens with one attached hydrogen (secondary N) is 1. The molecule has 2 rings (SSSR count). The van der Waals surface area contributed by atoms with Gasteiger partial charge in [-0.15, -0.1) is 11.8 Å². The lowest BCUT2D eigenvalue weighted by Gasteiger charge is -2.10. The summed E-state index contributed by atoms with van der Waals surface area (Å²) in [5, 5.41) is 3.22. The molecule has 1 heterocycles. The van der Waals surface area contributed by atoms with E-state index in [-0.39, 0.29) is 6.04 Å². The SMILES string of the molecule is O=CC1CCSc2ccccc2N1. The molecule has 0 aliphatic carbocycles.